The van der Waals surface area contributed by atoms with Crippen molar-refractivity contribution in [1.29, 1.82) is 0 Å². The van der Waals surface area contributed by atoms with E-state index < -0.39 is 6.09 Å². The lowest BCUT2D eigenvalue weighted by Gasteiger charge is -2.04. The molecule has 0 radical (unpaired) electrons. The van der Waals surface area contributed by atoms with Crippen molar-refractivity contribution >= 4 is 12.4 Å². The second-order valence-electron chi connectivity index (χ2n) is 2.23. The van der Waals surface area contributed by atoms with Crippen LogP contribution in [0, 0.1) is 0 Å². The molecule has 2 N–H and O–H groups in total. The minimum Gasteiger partial charge on any atom is -0.450 e. The average Bonchev–Trinajstić information content (AvgIpc) is 2.15. The van der Waals surface area contributed by atoms with Crippen molar-refractivity contribution in [3.8, 4) is 0 Å². The smallest absolute Gasteiger partial charge is 0.411 e. The minimum absolute atomic E-state index is 0.288. The number of hydrogen-bond acceptors (Lipinski definition) is 4. The molecule has 0 aliphatic heterocycles. The van der Waals surface area contributed by atoms with Crippen molar-refractivity contribution in [3.05, 3.63) is 24.0 Å². The summed E-state index contributed by atoms with van der Waals surface area (Å²) in [6, 6.07) is 0. The number of allylic oxidation sites excluding steroid dienone is 2. The van der Waals surface area contributed by atoms with Crippen LogP contribution in [0.2, 0.25) is 0 Å². The lowest BCUT2D eigenvalue weighted by molar-refractivity contribution is -0.104. The molecule has 0 aliphatic rings. The molecule has 0 saturated carbocycles. The number of carbonyl (C=O) groups is 2. The predicted molar refractivity (Wildman–Crippen MR) is 52.5 cm³/mol. The van der Waals surface area contributed by atoms with Crippen LogP contribution in [-0.4, -0.2) is 26.0 Å². The summed E-state index contributed by atoms with van der Waals surface area (Å²) in [6.07, 6.45) is 4.36. The van der Waals surface area contributed by atoms with Crippen molar-refractivity contribution < 1.29 is 14.3 Å². The van der Waals surface area contributed by atoms with Crippen LogP contribution in [0.4, 0.5) is 4.79 Å². The zero-order chi connectivity index (χ0) is 10.8. The fourth-order valence-corrected chi connectivity index (χ4v) is 0.670. The lowest BCUT2D eigenvalue weighted by Crippen LogP contribution is -2.23. The van der Waals surface area contributed by atoms with Crippen molar-refractivity contribution in [2.24, 2.45) is 0 Å². The number of alkyl carbamates (subject to hydrolysis) is 1. The Balaban J connectivity index is 4.23. The monoisotopic (exact) mass is 198 g/mol. The molecule has 0 aromatic heterocycles. The molecular formula is C9H14N2O3. The fraction of sp³-hybridized carbons (Fsp3) is 0.333. The minimum atomic E-state index is -0.582. The van der Waals surface area contributed by atoms with Gasteiger partial charge >= 0.3 is 6.09 Å². The summed E-state index contributed by atoms with van der Waals surface area (Å²) in [5.41, 5.74) is 0.368. The molecule has 0 atom stereocenters. The van der Waals surface area contributed by atoms with Crippen molar-refractivity contribution in [1.82, 2.24) is 10.6 Å². The van der Waals surface area contributed by atoms with Crippen LogP contribution in [0.25, 0.3) is 0 Å². The van der Waals surface area contributed by atoms with E-state index in [0.29, 0.717) is 12.0 Å². The maximum atomic E-state index is 10.9. The van der Waals surface area contributed by atoms with E-state index in [0.717, 1.165) is 0 Å². The van der Waals surface area contributed by atoms with Crippen LogP contribution in [0.5, 0.6) is 0 Å². The molecule has 1 amide bonds. The SMILES string of the molecule is CCOC(=O)NC(/C=C\NC)=C/C=O. The molecule has 0 bridgehead atoms. The first kappa shape index (κ1) is 12.2. The van der Waals surface area contributed by atoms with Crippen molar-refractivity contribution in [2.75, 3.05) is 13.7 Å². The van der Waals surface area contributed by atoms with E-state index in [1.807, 2.05) is 0 Å². The summed E-state index contributed by atoms with van der Waals surface area (Å²) in [5.74, 6) is 0. The molecule has 5 nitrogen and oxygen atoms in total. The molecule has 5 heteroatoms. The summed E-state index contributed by atoms with van der Waals surface area (Å²) in [7, 11) is 1.71. The Kier molecular flexibility index (Phi) is 6.85. The Morgan fingerprint density at radius 1 is 1.50 bits per heavy atom. The van der Waals surface area contributed by atoms with Gasteiger partial charge in [-0.05, 0) is 19.2 Å². The summed E-state index contributed by atoms with van der Waals surface area (Å²) in [4.78, 5) is 21.1. The van der Waals surface area contributed by atoms with Gasteiger partial charge in [0.1, 0.15) is 6.29 Å². The number of amides is 1. The Morgan fingerprint density at radius 3 is 2.71 bits per heavy atom. The van der Waals surface area contributed by atoms with Crippen LogP contribution >= 0.6 is 0 Å². The fourth-order valence-electron chi connectivity index (χ4n) is 0.670. The largest absolute Gasteiger partial charge is 0.450 e. The Morgan fingerprint density at radius 2 is 2.21 bits per heavy atom. The highest BCUT2D eigenvalue weighted by molar-refractivity contribution is 5.74. The van der Waals surface area contributed by atoms with Gasteiger partial charge in [-0.3, -0.25) is 10.1 Å². The van der Waals surface area contributed by atoms with Crippen molar-refractivity contribution in [3.63, 3.8) is 0 Å². The number of carbonyl (C=O) groups excluding carboxylic acids is 2. The van der Waals surface area contributed by atoms with Gasteiger partial charge in [-0.1, -0.05) is 0 Å². The van der Waals surface area contributed by atoms with Crippen LogP contribution in [0.3, 0.4) is 0 Å². The maximum Gasteiger partial charge on any atom is 0.411 e. The maximum absolute atomic E-state index is 10.9. The van der Waals surface area contributed by atoms with E-state index in [1.165, 1.54) is 6.08 Å². The van der Waals surface area contributed by atoms with Gasteiger partial charge in [-0.2, -0.15) is 0 Å². The second-order valence-corrected chi connectivity index (χ2v) is 2.23. The van der Waals surface area contributed by atoms with E-state index in [2.05, 4.69) is 15.4 Å². The molecule has 0 saturated heterocycles. The van der Waals surface area contributed by atoms with Crippen LogP contribution in [0.15, 0.2) is 24.0 Å². The van der Waals surface area contributed by atoms with Gasteiger partial charge < -0.3 is 10.1 Å². The molecule has 0 spiro atoms. The number of ether oxygens (including phenoxy) is 1. The standard InChI is InChI=1S/C9H14N2O3/c1-3-14-9(13)11-8(5-7-12)4-6-10-2/h4-7,10H,3H2,1-2H3,(H,11,13)/b6-4-,8-5+. The van der Waals surface area contributed by atoms with Gasteiger partial charge in [-0.15, -0.1) is 0 Å². The Hall–Kier alpha value is -1.78. The molecule has 0 aromatic carbocycles. The Bertz CT molecular complexity index is 246. The molecule has 0 fully saturated rings. The predicted octanol–water partition coefficient (Wildman–Crippen LogP) is 0.548. The molecule has 0 aromatic rings. The van der Waals surface area contributed by atoms with Crippen LogP contribution in [0.1, 0.15) is 6.92 Å². The zero-order valence-electron chi connectivity index (χ0n) is 8.24. The van der Waals surface area contributed by atoms with E-state index >= 15 is 0 Å². The quantitative estimate of drug-likeness (QED) is 0.384. The topological polar surface area (TPSA) is 67.4 Å². The summed E-state index contributed by atoms with van der Waals surface area (Å²) in [6.45, 7) is 1.99. The molecule has 14 heavy (non-hydrogen) atoms. The third-order valence-corrected chi connectivity index (χ3v) is 1.20. The second kappa shape index (κ2) is 7.85. The third kappa shape index (κ3) is 5.82. The van der Waals surface area contributed by atoms with E-state index in [9.17, 15) is 9.59 Å². The van der Waals surface area contributed by atoms with Gasteiger partial charge in [-0.25, -0.2) is 4.79 Å². The average molecular weight is 198 g/mol. The van der Waals surface area contributed by atoms with Gasteiger partial charge in [0.2, 0.25) is 0 Å². The lowest BCUT2D eigenvalue weighted by atomic mass is 10.4. The molecule has 0 rings (SSSR count). The number of hydrogen-bond donors (Lipinski definition) is 2. The van der Waals surface area contributed by atoms with Crippen LogP contribution < -0.4 is 10.6 Å². The van der Waals surface area contributed by atoms with E-state index in [1.54, 1.807) is 26.2 Å². The summed E-state index contributed by atoms with van der Waals surface area (Å²) < 4.78 is 4.64. The molecular weight excluding hydrogens is 184 g/mol. The highest BCUT2D eigenvalue weighted by Crippen LogP contribution is 1.91. The first-order valence-corrected chi connectivity index (χ1v) is 4.17. The van der Waals surface area contributed by atoms with E-state index in [-0.39, 0.29) is 6.61 Å². The first-order valence-electron chi connectivity index (χ1n) is 4.17. The van der Waals surface area contributed by atoms with Gasteiger partial charge in [0.05, 0.1) is 6.61 Å². The van der Waals surface area contributed by atoms with Gasteiger partial charge in [0.25, 0.3) is 0 Å². The van der Waals surface area contributed by atoms with E-state index in [4.69, 9.17) is 0 Å². The highest BCUT2D eigenvalue weighted by atomic mass is 16.5. The molecule has 0 unspecified atom stereocenters. The normalized spacial score (nSPS) is 11.1. The summed E-state index contributed by atoms with van der Waals surface area (Å²) >= 11 is 0. The zero-order valence-corrected chi connectivity index (χ0v) is 8.24. The number of rotatable bonds is 5. The van der Waals surface area contributed by atoms with Gasteiger partial charge in [0, 0.05) is 18.8 Å². The molecule has 78 valence electrons. The van der Waals surface area contributed by atoms with Crippen molar-refractivity contribution in [2.45, 2.75) is 6.92 Å². The number of nitrogens with one attached hydrogen (secondary N) is 2. The Labute approximate surface area is 82.8 Å². The van der Waals surface area contributed by atoms with Crippen LogP contribution in [-0.2, 0) is 9.53 Å². The van der Waals surface area contributed by atoms with Gasteiger partial charge in [0.15, 0.2) is 0 Å². The highest BCUT2D eigenvalue weighted by Gasteiger charge is 2.00. The third-order valence-electron chi connectivity index (χ3n) is 1.20. The molecule has 0 aliphatic carbocycles. The summed E-state index contributed by atoms with van der Waals surface area (Å²) in [5, 5.41) is 5.13. The molecule has 0 heterocycles. The first-order chi connectivity index (χ1) is 6.74. The number of aldehydes is 1.